The molecule has 0 bridgehead atoms. The monoisotopic (exact) mass is 255 g/mol. The van der Waals surface area contributed by atoms with Gasteiger partial charge in [0.2, 0.25) is 0 Å². The molecule has 0 aliphatic carbocycles. The molecule has 2 unspecified atom stereocenters. The van der Waals surface area contributed by atoms with Gasteiger partial charge in [-0.15, -0.1) is 0 Å². The van der Waals surface area contributed by atoms with Gasteiger partial charge >= 0.3 is 0 Å². The van der Waals surface area contributed by atoms with Crippen LogP contribution in [0.15, 0.2) is 18.2 Å². The van der Waals surface area contributed by atoms with E-state index in [1.807, 2.05) is 0 Å². The van der Waals surface area contributed by atoms with Crippen LogP contribution in [0, 0.1) is 23.5 Å². The molecule has 1 N–H and O–H groups in total. The highest BCUT2D eigenvalue weighted by atomic mass is 19.2. The Balaban J connectivity index is 2.97. The van der Waals surface area contributed by atoms with Crippen LogP contribution < -0.4 is 5.32 Å². The topological polar surface area (TPSA) is 12.0 Å². The third kappa shape index (κ3) is 3.77. The summed E-state index contributed by atoms with van der Waals surface area (Å²) >= 11 is 0. The van der Waals surface area contributed by atoms with E-state index >= 15 is 0 Å². The summed E-state index contributed by atoms with van der Waals surface area (Å²) in [5.74, 6) is -0.717. The molecule has 0 aromatic heterocycles. The summed E-state index contributed by atoms with van der Waals surface area (Å²) in [6.45, 7) is 9.39. The number of benzene rings is 1. The predicted octanol–water partition coefficient (Wildman–Crippen LogP) is 4.30. The SMILES string of the molecule is CCCNC(c1ccc(F)c(F)c1)C(C)C(C)C. The molecule has 102 valence electrons. The summed E-state index contributed by atoms with van der Waals surface area (Å²) in [5.41, 5.74) is 0.823. The van der Waals surface area contributed by atoms with Crippen LogP contribution in [-0.4, -0.2) is 6.54 Å². The Morgan fingerprint density at radius 1 is 1.11 bits per heavy atom. The third-order valence-electron chi connectivity index (χ3n) is 3.49. The third-order valence-corrected chi connectivity index (χ3v) is 3.49. The summed E-state index contributed by atoms with van der Waals surface area (Å²) in [6.07, 6.45) is 1.02. The number of hydrogen-bond acceptors (Lipinski definition) is 1. The fourth-order valence-corrected chi connectivity index (χ4v) is 2.00. The molecule has 0 spiro atoms. The summed E-state index contributed by atoms with van der Waals surface area (Å²) in [5, 5.41) is 3.42. The molecule has 1 nitrogen and oxygen atoms in total. The van der Waals surface area contributed by atoms with Gasteiger partial charge in [0.1, 0.15) is 0 Å². The van der Waals surface area contributed by atoms with Gasteiger partial charge in [0.15, 0.2) is 11.6 Å². The maximum atomic E-state index is 13.3. The van der Waals surface area contributed by atoms with Crippen LogP contribution in [0.3, 0.4) is 0 Å². The molecule has 0 aliphatic heterocycles. The lowest BCUT2D eigenvalue weighted by atomic mass is 9.86. The van der Waals surface area contributed by atoms with E-state index in [4.69, 9.17) is 0 Å². The highest BCUT2D eigenvalue weighted by Crippen LogP contribution is 2.28. The average Bonchev–Trinajstić information content (AvgIpc) is 2.33. The zero-order valence-electron chi connectivity index (χ0n) is 11.6. The van der Waals surface area contributed by atoms with E-state index in [-0.39, 0.29) is 6.04 Å². The van der Waals surface area contributed by atoms with Gasteiger partial charge in [0.25, 0.3) is 0 Å². The fourth-order valence-electron chi connectivity index (χ4n) is 2.00. The molecular weight excluding hydrogens is 232 g/mol. The highest BCUT2D eigenvalue weighted by Gasteiger charge is 2.22. The van der Waals surface area contributed by atoms with Crippen molar-refractivity contribution in [1.29, 1.82) is 0 Å². The van der Waals surface area contributed by atoms with E-state index in [0.29, 0.717) is 11.8 Å². The maximum Gasteiger partial charge on any atom is 0.159 e. The first-order chi connectivity index (χ1) is 8.47. The minimum Gasteiger partial charge on any atom is -0.310 e. The summed E-state index contributed by atoms with van der Waals surface area (Å²) in [6, 6.07) is 4.25. The van der Waals surface area contributed by atoms with Crippen LogP contribution in [-0.2, 0) is 0 Å². The van der Waals surface area contributed by atoms with Crippen molar-refractivity contribution in [3.05, 3.63) is 35.4 Å². The van der Waals surface area contributed by atoms with Crippen molar-refractivity contribution in [2.24, 2.45) is 11.8 Å². The van der Waals surface area contributed by atoms with E-state index in [9.17, 15) is 8.78 Å². The second-order valence-electron chi connectivity index (χ2n) is 5.21. The number of hydrogen-bond donors (Lipinski definition) is 1. The van der Waals surface area contributed by atoms with Crippen LogP contribution in [0.25, 0.3) is 0 Å². The molecule has 18 heavy (non-hydrogen) atoms. The van der Waals surface area contributed by atoms with Crippen molar-refractivity contribution in [3.8, 4) is 0 Å². The van der Waals surface area contributed by atoms with E-state index in [2.05, 4.69) is 33.0 Å². The Labute approximate surface area is 109 Å². The summed E-state index contributed by atoms with van der Waals surface area (Å²) in [4.78, 5) is 0. The molecule has 0 radical (unpaired) electrons. The van der Waals surface area contributed by atoms with Gasteiger partial charge in [-0.3, -0.25) is 0 Å². The standard InChI is InChI=1S/C15H23F2N/c1-5-8-18-15(11(4)10(2)3)12-6-7-13(16)14(17)9-12/h6-7,9-11,15,18H,5,8H2,1-4H3. The molecule has 1 aromatic carbocycles. The lowest BCUT2D eigenvalue weighted by molar-refractivity contribution is 0.302. The van der Waals surface area contributed by atoms with E-state index in [0.717, 1.165) is 18.5 Å². The zero-order valence-corrected chi connectivity index (χ0v) is 11.6. The minimum absolute atomic E-state index is 0.0695. The molecule has 0 amide bonds. The predicted molar refractivity (Wildman–Crippen MR) is 71.4 cm³/mol. The smallest absolute Gasteiger partial charge is 0.159 e. The Bertz CT molecular complexity index is 377. The van der Waals surface area contributed by atoms with Crippen molar-refractivity contribution < 1.29 is 8.78 Å². The molecule has 1 rings (SSSR count). The van der Waals surface area contributed by atoms with Crippen molar-refractivity contribution in [2.75, 3.05) is 6.54 Å². The Morgan fingerprint density at radius 2 is 1.78 bits per heavy atom. The number of nitrogens with one attached hydrogen (secondary N) is 1. The first kappa shape index (κ1) is 15.1. The van der Waals surface area contributed by atoms with Crippen molar-refractivity contribution >= 4 is 0 Å². The van der Waals surface area contributed by atoms with Gasteiger partial charge in [-0.05, 0) is 42.5 Å². The first-order valence-electron chi connectivity index (χ1n) is 6.65. The largest absolute Gasteiger partial charge is 0.310 e. The second-order valence-corrected chi connectivity index (χ2v) is 5.21. The molecule has 0 aliphatic rings. The summed E-state index contributed by atoms with van der Waals surface area (Å²) < 4.78 is 26.3. The maximum absolute atomic E-state index is 13.3. The molecule has 0 saturated heterocycles. The van der Waals surface area contributed by atoms with E-state index < -0.39 is 11.6 Å². The Morgan fingerprint density at radius 3 is 2.28 bits per heavy atom. The van der Waals surface area contributed by atoms with Crippen LogP contribution in [0.4, 0.5) is 8.78 Å². The van der Waals surface area contributed by atoms with Gasteiger partial charge in [-0.25, -0.2) is 8.78 Å². The second kappa shape index (κ2) is 6.83. The molecule has 0 heterocycles. The quantitative estimate of drug-likeness (QED) is 0.799. The molecule has 1 aromatic rings. The van der Waals surface area contributed by atoms with Crippen molar-refractivity contribution in [2.45, 2.75) is 40.2 Å². The zero-order chi connectivity index (χ0) is 13.7. The van der Waals surface area contributed by atoms with Gasteiger partial charge in [-0.2, -0.15) is 0 Å². The lowest BCUT2D eigenvalue weighted by Crippen LogP contribution is -2.30. The Hall–Kier alpha value is -0.960. The number of rotatable bonds is 6. The molecular formula is C15H23F2N. The van der Waals surface area contributed by atoms with Gasteiger partial charge in [0, 0.05) is 6.04 Å². The van der Waals surface area contributed by atoms with Crippen molar-refractivity contribution in [1.82, 2.24) is 5.32 Å². The van der Waals surface area contributed by atoms with E-state index in [1.54, 1.807) is 6.07 Å². The van der Waals surface area contributed by atoms with Gasteiger partial charge < -0.3 is 5.32 Å². The highest BCUT2D eigenvalue weighted by molar-refractivity contribution is 5.22. The molecule has 0 saturated carbocycles. The van der Waals surface area contributed by atoms with Gasteiger partial charge in [0.05, 0.1) is 0 Å². The molecule has 0 fully saturated rings. The van der Waals surface area contributed by atoms with Gasteiger partial charge in [-0.1, -0.05) is 33.8 Å². The van der Waals surface area contributed by atoms with Crippen LogP contribution >= 0.6 is 0 Å². The van der Waals surface area contributed by atoms with Crippen LogP contribution in [0.2, 0.25) is 0 Å². The van der Waals surface area contributed by atoms with Crippen LogP contribution in [0.1, 0.15) is 45.7 Å². The fraction of sp³-hybridized carbons (Fsp3) is 0.600. The first-order valence-corrected chi connectivity index (χ1v) is 6.65. The van der Waals surface area contributed by atoms with Crippen LogP contribution in [0.5, 0.6) is 0 Å². The van der Waals surface area contributed by atoms with Crippen molar-refractivity contribution in [3.63, 3.8) is 0 Å². The summed E-state index contributed by atoms with van der Waals surface area (Å²) in [7, 11) is 0. The minimum atomic E-state index is -0.787. The normalized spacial score (nSPS) is 14.8. The average molecular weight is 255 g/mol. The molecule has 3 heteroatoms. The lowest BCUT2D eigenvalue weighted by Gasteiger charge is -2.28. The Kier molecular flexibility index (Phi) is 5.73. The number of halogens is 2. The van der Waals surface area contributed by atoms with E-state index in [1.165, 1.54) is 12.1 Å². The molecule has 2 atom stereocenters.